The Kier molecular flexibility index (Phi) is 10.3. The van der Waals surface area contributed by atoms with E-state index in [1.165, 1.54) is 29.7 Å². The summed E-state index contributed by atoms with van der Waals surface area (Å²) in [7, 11) is 0.767. The van der Waals surface area contributed by atoms with E-state index in [1.807, 2.05) is 23.3 Å². The first-order chi connectivity index (χ1) is 11.9. The summed E-state index contributed by atoms with van der Waals surface area (Å²) in [6, 6.07) is 0. The first-order valence-corrected chi connectivity index (χ1v) is 11.4. The van der Waals surface area contributed by atoms with Gasteiger partial charge in [-0.1, -0.05) is 0 Å². The van der Waals surface area contributed by atoms with Crippen LogP contribution in [0.2, 0.25) is 0 Å². The van der Waals surface area contributed by atoms with Gasteiger partial charge in [-0.3, -0.25) is 4.99 Å². The van der Waals surface area contributed by atoms with E-state index in [1.54, 1.807) is 7.05 Å². The molecule has 2 rings (SSSR count). The van der Waals surface area contributed by atoms with Crippen LogP contribution >= 0.6 is 35.3 Å². The van der Waals surface area contributed by atoms with Gasteiger partial charge in [0.15, 0.2) is 5.96 Å². The predicted molar refractivity (Wildman–Crippen MR) is 118 cm³/mol. The molecule has 0 radical (unpaired) electrons. The van der Waals surface area contributed by atoms with Gasteiger partial charge in [-0.05, 0) is 25.7 Å². The lowest BCUT2D eigenvalue weighted by atomic mass is 10.0. The van der Waals surface area contributed by atoms with E-state index < -0.39 is 9.84 Å². The predicted octanol–water partition coefficient (Wildman–Crippen LogP) is 1.71. The topological polar surface area (TPSA) is 83.9 Å². The maximum Gasteiger partial charge on any atom is 0.193 e. The van der Waals surface area contributed by atoms with E-state index in [0.717, 1.165) is 30.4 Å². The van der Waals surface area contributed by atoms with Crippen molar-refractivity contribution in [3.05, 3.63) is 15.6 Å². The number of hydrogen-bond donors (Lipinski definition) is 1. The summed E-state index contributed by atoms with van der Waals surface area (Å²) in [5, 5.41) is 4.35. The number of aromatic nitrogens is 1. The van der Waals surface area contributed by atoms with E-state index in [4.69, 9.17) is 9.72 Å². The Labute approximate surface area is 177 Å². The molecule has 0 aromatic carbocycles. The summed E-state index contributed by atoms with van der Waals surface area (Å²) in [6.07, 6.45) is 5.99. The molecule has 0 saturated carbocycles. The molecule has 1 N–H and O–H groups in total. The van der Waals surface area contributed by atoms with Crippen LogP contribution in [0, 0.1) is 0 Å². The molecule has 10 heteroatoms. The molecule has 26 heavy (non-hydrogen) atoms. The van der Waals surface area contributed by atoms with Crippen molar-refractivity contribution in [1.82, 2.24) is 15.2 Å². The summed E-state index contributed by atoms with van der Waals surface area (Å²) in [5.41, 5.74) is 1.28. The number of sulfone groups is 1. The Bertz CT molecular complexity index is 668. The fraction of sp³-hybridized carbons (Fsp3) is 0.750. The lowest BCUT2D eigenvalue weighted by Crippen LogP contribution is -2.40. The van der Waals surface area contributed by atoms with Crippen molar-refractivity contribution >= 4 is 51.1 Å². The molecular formula is C16H29IN4O3S2. The first-order valence-electron chi connectivity index (χ1n) is 8.54. The van der Waals surface area contributed by atoms with E-state index in [0.29, 0.717) is 13.2 Å². The number of hydrogen-bond acceptors (Lipinski definition) is 6. The summed E-state index contributed by atoms with van der Waals surface area (Å²) in [6.45, 7) is 1.97. The summed E-state index contributed by atoms with van der Waals surface area (Å²) < 4.78 is 27.4. The second-order valence-electron chi connectivity index (χ2n) is 6.26. The monoisotopic (exact) mass is 516 g/mol. The zero-order valence-electron chi connectivity index (χ0n) is 15.7. The molecule has 1 aliphatic rings. The van der Waals surface area contributed by atoms with Gasteiger partial charge in [0.25, 0.3) is 0 Å². The van der Waals surface area contributed by atoms with Crippen molar-refractivity contribution in [1.29, 1.82) is 0 Å². The molecule has 0 unspecified atom stereocenters. The van der Waals surface area contributed by atoms with Crippen molar-refractivity contribution in [2.24, 2.45) is 4.99 Å². The van der Waals surface area contributed by atoms with Gasteiger partial charge in [0.1, 0.15) is 14.8 Å². The van der Waals surface area contributed by atoms with Gasteiger partial charge in [0.05, 0.1) is 31.2 Å². The molecule has 0 spiro atoms. The Morgan fingerprint density at radius 2 is 2.08 bits per heavy atom. The molecular weight excluding hydrogens is 487 g/mol. The highest BCUT2D eigenvalue weighted by Gasteiger charge is 2.16. The Balaban J connectivity index is 0.00000338. The van der Waals surface area contributed by atoms with Crippen molar-refractivity contribution in [2.75, 3.05) is 45.9 Å². The Hall–Kier alpha value is -0.460. The van der Waals surface area contributed by atoms with Crippen molar-refractivity contribution in [2.45, 2.75) is 32.2 Å². The molecule has 0 saturated heterocycles. The van der Waals surface area contributed by atoms with Gasteiger partial charge in [-0.2, -0.15) is 0 Å². The maximum absolute atomic E-state index is 11.0. The largest absolute Gasteiger partial charge is 0.379 e. The number of aliphatic imine (C=N–C) groups is 1. The molecule has 0 amide bonds. The normalized spacial score (nSPS) is 14.5. The highest BCUT2D eigenvalue weighted by Crippen LogP contribution is 2.27. The highest BCUT2D eigenvalue weighted by atomic mass is 127. The quantitative estimate of drug-likeness (QED) is 0.245. The molecule has 150 valence electrons. The van der Waals surface area contributed by atoms with Crippen LogP contribution in [-0.4, -0.2) is 70.1 Å². The lowest BCUT2D eigenvalue weighted by Gasteiger charge is -2.21. The number of nitrogens with zero attached hydrogens (tertiary/aromatic N) is 3. The average molecular weight is 516 g/mol. The Morgan fingerprint density at radius 1 is 1.35 bits per heavy atom. The number of nitrogens with one attached hydrogen (secondary N) is 1. The summed E-state index contributed by atoms with van der Waals surface area (Å²) in [5.74, 6) is 0.830. The van der Waals surface area contributed by atoms with Crippen LogP contribution < -0.4 is 5.32 Å². The molecule has 7 nitrogen and oxygen atoms in total. The van der Waals surface area contributed by atoms with E-state index in [9.17, 15) is 8.42 Å². The smallest absolute Gasteiger partial charge is 0.193 e. The molecule has 1 aromatic rings. The molecule has 1 aromatic heterocycles. The van der Waals surface area contributed by atoms with Crippen LogP contribution in [0.3, 0.4) is 0 Å². The third-order valence-corrected chi connectivity index (χ3v) is 6.01. The lowest BCUT2D eigenvalue weighted by molar-refractivity contribution is 0.153. The standard InChI is InChI=1S/C16H28N4O3S2.HI/c1-17-16(18-8-9-23-10-11-25(3,21)22)20(2)12-15-19-13-6-4-5-7-14(13)24-15;/h4-12H2,1-3H3,(H,17,18);1H. The van der Waals surface area contributed by atoms with Gasteiger partial charge < -0.3 is 15.0 Å². The van der Waals surface area contributed by atoms with Gasteiger partial charge >= 0.3 is 0 Å². The van der Waals surface area contributed by atoms with Gasteiger partial charge in [0.2, 0.25) is 0 Å². The molecule has 1 aliphatic carbocycles. The van der Waals surface area contributed by atoms with E-state index >= 15 is 0 Å². The van der Waals surface area contributed by atoms with Crippen LogP contribution in [0.5, 0.6) is 0 Å². The van der Waals surface area contributed by atoms with Gasteiger partial charge in [-0.25, -0.2) is 13.4 Å². The molecule has 0 atom stereocenters. The average Bonchev–Trinajstić information content (AvgIpc) is 2.95. The minimum atomic E-state index is -2.97. The van der Waals surface area contributed by atoms with E-state index in [2.05, 4.69) is 10.3 Å². The number of guanidine groups is 1. The minimum Gasteiger partial charge on any atom is -0.379 e. The van der Waals surface area contributed by atoms with Crippen molar-refractivity contribution < 1.29 is 13.2 Å². The third-order valence-electron chi connectivity index (χ3n) is 3.96. The van der Waals surface area contributed by atoms with Gasteiger partial charge in [0, 0.05) is 31.8 Å². The van der Waals surface area contributed by atoms with Crippen LogP contribution in [0.15, 0.2) is 4.99 Å². The zero-order chi connectivity index (χ0) is 18.3. The van der Waals surface area contributed by atoms with Crippen molar-refractivity contribution in [3.63, 3.8) is 0 Å². The number of halogens is 1. The summed E-state index contributed by atoms with van der Waals surface area (Å²) >= 11 is 1.81. The number of rotatable bonds is 8. The number of aryl methyl sites for hydroxylation is 2. The molecule has 1 heterocycles. The fourth-order valence-electron chi connectivity index (χ4n) is 2.68. The second-order valence-corrected chi connectivity index (χ2v) is 9.68. The maximum atomic E-state index is 11.0. The molecule has 0 fully saturated rings. The number of ether oxygens (including phenoxy) is 1. The summed E-state index contributed by atoms with van der Waals surface area (Å²) in [4.78, 5) is 12.5. The third kappa shape index (κ3) is 8.05. The highest BCUT2D eigenvalue weighted by molar-refractivity contribution is 14.0. The second kappa shape index (κ2) is 11.4. The fourth-order valence-corrected chi connectivity index (χ4v) is 4.31. The Morgan fingerprint density at radius 3 is 2.73 bits per heavy atom. The van der Waals surface area contributed by atoms with E-state index in [-0.39, 0.29) is 36.3 Å². The first kappa shape index (κ1) is 23.6. The van der Waals surface area contributed by atoms with Crippen LogP contribution in [0.1, 0.15) is 28.4 Å². The molecule has 0 aliphatic heterocycles. The molecule has 0 bridgehead atoms. The minimum absolute atomic E-state index is 0. The van der Waals surface area contributed by atoms with Crippen LogP contribution in [0.4, 0.5) is 0 Å². The van der Waals surface area contributed by atoms with Gasteiger partial charge in [-0.15, -0.1) is 35.3 Å². The SMILES string of the molecule is CN=C(NCCOCCS(C)(=O)=O)N(C)Cc1nc2c(s1)CCCC2.I. The number of thiazole rings is 1. The zero-order valence-corrected chi connectivity index (χ0v) is 19.6. The number of fused-ring (bicyclic) bond motifs is 1. The van der Waals surface area contributed by atoms with Crippen LogP contribution in [-0.2, 0) is 34.0 Å². The van der Waals surface area contributed by atoms with Crippen LogP contribution in [0.25, 0.3) is 0 Å². The van der Waals surface area contributed by atoms with Crippen molar-refractivity contribution in [3.8, 4) is 0 Å².